The Labute approximate surface area is 170 Å². The molecule has 1 heterocycles. The van der Waals surface area contributed by atoms with Gasteiger partial charge in [0.15, 0.2) is 0 Å². The van der Waals surface area contributed by atoms with Crippen molar-refractivity contribution in [1.29, 1.82) is 0 Å². The average molecular weight is 415 g/mol. The largest absolute Gasteiger partial charge is 0.416 e. The smallest absolute Gasteiger partial charge is 0.277 e. The van der Waals surface area contributed by atoms with E-state index in [9.17, 15) is 9.59 Å². The molecule has 7 nitrogen and oxygen atoms in total. The molecule has 2 aromatic carbocycles. The lowest BCUT2D eigenvalue weighted by atomic mass is 10.2. The number of carbonyl (C=O) groups excluding carboxylic acids is 2. The second-order valence-electron chi connectivity index (χ2n) is 5.71. The zero-order valence-corrected chi connectivity index (χ0v) is 16.5. The van der Waals surface area contributed by atoms with E-state index in [0.717, 1.165) is 10.5 Å². The molecule has 144 valence electrons. The van der Waals surface area contributed by atoms with Crippen molar-refractivity contribution in [2.75, 3.05) is 16.8 Å². The maximum absolute atomic E-state index is 12.3. The lowest BCUT2D eigenvalue weighted by molar-refractivity contribution is -0.115. The molecule has 1 aromatic heterocycles. The van der Waals surface area contributed by atoms with Gasteiger partial charge in [-0.2, -0.15) is 0 Å². The molecule has 0 saturated heterocycles. The molecular formula is C19H18N4O3S2. The molecule has 2 amide bonds. The van der Waals surface area contributed by atoms with Crippen molar-refractivity contribution < 1.29 is 14.0 Å². The third-order valence-electron chi connectivity index (χ3n) is 3.50. The fraction of sp³-hybridized carbons (Fsp3) is 0.158. The van der Waals surface area contributed by atoms with E-state index in [4.69, 9.17) is 10.2 Å². The first-order chi connectivity index (χ1) is 13.6. The Hall–Kier alpha value is -2.78. The monoisotopic (exact) mass is 414 g/mol. The number of primary amides is 1. The summed E-state index contributed by atoms with van der Waals surface area (Å²) in [5, 5.41) is 11.2. The summed E-state index contributed by atoms with van der Waals surface area (Å²) in [5.41, 5.74) is 6.89. The second kappa shape index (κ2) is 9.95. The zero-order chi connectivity index (χ0) is 19.8. The van der Waals surface area contributed by atoms with E-state index in [1.54, 1.807) is 6.07 Å². The fourth-order valence-corrected chi connectivity index (χ4v) is 3.62. The zero-order valence-electron chi connectivity index (χ0n) is 14.8. The summed E-state index contributed by atoms with van der Waals surface area (Å²) in [6, 6.07) is 17.1. The van der Waals surface area contributed by atoms with Crippen molar-refractivity contribution in [1.82, 2.24) is 10.2 Å². The topological polar surface area (TPSA) is 111 Å². The quantitative estimate of drug-likeness (QED) is 0.518. The van der Waals surface area contributed by atoms with E-state index in [2.05, 4.69) is 15.5 Å². The van der Waals surface area contributed by atoms with Crippen LogP contribution in [0.15, 0.2) is 69.1 Å². The minimum atomic E-state index is -0.413. The molecule has 0 aliphatic heterocycles. The van der Waals surface area contributed by atoms with E-state index in [0.29, 0.717) is 23.2 Å². The minimum Gasteiger partial charge on any atom is -0.416 e. The fourth-order valence-electron chi connectivity index (χ4n) is 2.30. The molecule has 0 saturated carbocycles. The number of hydrogen-bond donors (Lipinski definition) is 2. The molecule has 0 aliphatic carbocycles. The third kappa shape index (κ3) is 6.14. The summed E-state index contributed by atoms with van der Waals surface area (Å²) in [4.78, 5) is 24.0. The number of amides is 2. The minimum absolute atomic E-state index is 0.127. The van der Waals surface area contributed by atoms with Crippen LogP contribution < -0.4 is 11.1 Å². The molecule has 3 rings (SSSR count). The van der Waals surface area contributed by atoms with Crippen LogP contribution in [-0.2, 0) is 16.0 Å². The molecule has 0 fully saturated rings. The highest BCUT2D eigenvalue weighted by Gasteiger charge is 2.12. The molecule has 0 spiro atoms. The Morgan fingerprint density at radius 3 is 2.50 bits per heavy atom. The normalized spacial score (nSPS) is 10.6. The molecule has 0 aliphatic rings. The lowest BCUT2D eigenvalue weighted by Crippen LogP contribution is -2.16. The van der Waals surface area contributed by atoms with Crippen molar-refractivity contribution in [3.63, 3.8) is 0 Å². The molecule has 3 aromatic rings. The standard InChI is InChI=1S/C19H18N4O3S2/c20-16(24)11-27-15-9-5-4-8-14(15)21-17(25)12-28-19-23-22-18(26-19)10-13-6-2-1-3-7-13/h1-9H,10-12H2,(H2,20,24)(H,21,25). The number of anilines is 1. The number of hydrogen-bond acceptors (Lipinski definition) is 7. The van der Waals surface area contributed by atoms with E-state index in [1.165, 1.54) is 23.5 Å². The Bertz CT molecular complexity index is 947. The predicted octanol–water partition coefficient (Wildman–Crippen LogP) is 2.97. The SMILES string of the molecule is NC(=O)CSc1ccccc1NC(=O)CSc1nnc(Cc2ccccc2)o1. The highest BCUT2D eigenvalue weighted by atomic mass is 32.2. The van der Waals surface area contributed by atoms with Crippen LogP contribution in [0.3, 0.4) is 0 Å². The number of nitrogens with one attached hydrogen (secondary N) is 1. The molecule has 9 heteroatoms. The number of carbonyl (C=O) groups is 2. The molecule has 28 heavy (non-hydrogen) atoms. The number of para-hydroxylation sites is 1. The van der Waals surface area contributed by atoms with Gasteiger partial charge < -0.3 is 15.5 Å². The van der Waals surface area contributed by atoms with E-state index in [1.807, 2.05) is 48.5 Å². The summed E-state index contributed by atoms with van der Waals surface area (Å²) < 4.78 is 5.58. The number of rotatable bonds is 9. The number of thioether (sulfide) groups is 2. The van der Waals surface area contributed by atoms with Gasteiger partial charge in [-0.25, -0.2) is 0 Å². The summed E-state index contributed by atoms with van der Waals surface area (Å²) in [6.45, 7) is 0. The first-order valence-corrected chi connectivity index (χ1v) is 10.4. The van der Waals surface area contributed by atoms with Crippen LogP contribution in [-0.4, -0.2) is 33.5 Å². The molecule has 3 N–H and O–H groups in total. The summed E-state index contributed by atoms with van der Waals surface area (Å²) in [6.07, 6.45) is 0.547. The van der Waals surface area contributed by atoms with Crippen molar-refractivity contribution in [3.8, 4) is 0 Å². The van der Waals surface area contributed by atoms with E-state index < -0.39 is 5.91 Å². The second-order valence-corrected chi connectivity index (χ2v) is 7.66. The van der Waals surface area contributed by atoms with Gasteiger partial charge in [-0.3, -0.25) is 9.59 Å². The van der Waals surface area contributed by atoms with Crippen LogP contribution in [0.4, 0.5) is 5.69 Å². The van der Waals surface area contributed by atoms with Gasteiger partial charge in [-0.1, -0.05) is 54.2 Å². The van der Waals surface area contributed by atoms with Gasteiger partial charge in [-0.15, -0.1) is 22.0 Å². The van der Waals surface area contributed by atoms with Gasteiger partial charge in [0.2, 0.25) is 17.7 Å². The highest BCUT2D eigenvalue weighted by Crippen LogP contribution is 2.27. The van der Waals surface area contributed by atoms with Crippen LogP contribution in [0.5, 0.6) is 0 Å². The Balaban J connectivity index is 1.52. The first-order valence-electron chi connectivity index (χ1n) is 8.39. The van der Waals surface area contributed by atoms with Crippen LogP contribution in [0.2, 0.25) is 0 Å². The van der Waals surface area contributed by atoms with Crippen molar-refractivity contribution in [3.05, 3.63) is 66.1 Å². The van der Waals surface area contributed by atoms with Crippen LogP contribution in [0.1, 0.15) is 11.5 Å². The first kappa shape index (κ1) is 20.0. The lowest BCUT2D eigenvalue weighted by Gasteiger charge is -2.09. The predicted molar refractivity (Wildman–Crippen MR) is 109 cm³/mol. The van der Waals surface area contributed by atoms with Crippen LogP contribution in [0, 0.1) is 0 Å². The van der Waals surface area contributed by atoms with Crippen LogP contribution in [0.25, 0.3) is 0 Å². The van der Waals surface area contributed by atoms with Gasteiger partial charge in [0.25, 0.3) is 5.22 Å². The maximum atomic E-state index is 12.3. The van der Waals surface area contributed by atoms with Crippen LogP contribution >= 0.6 is 23.5 Å². The van der Waals surface area contributed by atoms with Gasteiger partial charge in [-0.05, 0) is 17.7 Å². The number of nitrogens with two attached hydrogens (primary N) is 1. The van der Waals surface area contributed by atoms with Gasteiger partial charge in [0, 0.05) is 4.90 Å². The molecule has 0 radical (unpaired) electrons. The van der Waals surface area contributed by atoms with Crippen molar-refractivity contribution >= 4 is 41.0 Å². The van der Waals surface area contributed by atoms with E-state index >= 15 is 0 Å². The maximum Gasteiger partial charge on any atom is 0.277 e. The van der Waals surface area contributed by atoms with E-state index in [-0.39, 0.29) is 17.4 Å². The Kier molecular flexibility index (Phi) is 7.10. The Morgan fingerprint density at radius 1 is 0.964 bits per heavy atom. The van der Waals surface area contributed by atoms with Gasteiger partial charge in [0.05, 0.1) is 23.6 Å². The number of benzene rings is 2. The third-order valence-corrected chi connectivity index (χ3v) is 5.42. The molecule has 0 atom stereocenters. The molecule has 0 unspecified atom stereocenters. The summed E-state index contributed by atoms with van der Waals surface area (Å²) in [7, 11) is 0. The summed E-state index contributed by atoms with van der Waals surface area (Å²) in [5.74, 6) is 0.155. The summed E-state index contributed by atoms with van der Waals surface area (Å²) >= 11 is 2.45. The number of aromatic nitrogens is 2. The van der Waals surface area contributed by atoms with Crippen molar-refractivity contribution in [2.45, 2.75) is 16.5 Å². The molecule has 0 bridgehead atoms. The van der Waals surface area contributed by atoms with Gasteiger partial charge >= 0.3 is 0 Å². The Morgan fingerprint density at radius 2 is 1.71 bits per heavy atom. The average Bonchev–Trinajstić information content (AvgIpc) is 3.14. The van der Waals surface area contributed by atoms with Gasteiger partial charge in [0.1, 0.15) is 0 Å². The molecular weight excluding hydrogens is 396 g/mol. The van der Waals surface area contributed by atoms with Crippen molar-refractivity contribution in [2.24, 2.45) is 5.73 Å². The number of nitrogens with zero attached hydrogens (tertiary/aromatic N) is 2. The highest BCUT2D eigenvalue weighted by molar-refractivity contribution is 8.00.